The summed E-state index contributed by atoms with van der Waals surface area (Å²) in [5.74, 6) is -2.77. The van der Waals surface area contributed by atoms with E-state index in [0.29, 0.717) is 0 Å². The van der Waals surface area contributed by atoms with Gasteiger partial charge >= 0.3 is 11.9 Å². The zero-order chi connectivity index (χ0) is 10.6. The summed E-state index contributed by atoms with van der Waals surface area (Å²) in [7, 11) is 0. The van der Waals surface area contributed by atoms with Gasteiger partial charge in [0.05, 0.1) is 0 Å². The summed E-state index contributed by atoms with van der Waals surface area (Å²) < 4.78 is 4.57. The van der Waals surface area contributed by atoms with Crippen molar-refractivity contribution in [3.63, 3.8) is 0 Å². The minimum Gasteiger partial charge on any atom is -0.503 e. The van der Waals surface area contributed by atoms with Crippen molar-refractivity contribution in [1.29, 1.82) is 0 Å². The van der Waals surface area contributed by atoms with E-state index in [0.717, 1.165) is 0 Å². The average molecular weight is 188 g/mol. The van der Waals surface area contributed by atoms with E-state index in [1.54, 1.807) is 0 Å². The molecule has 0 aromatic rings. The lowest BCUT2D eigenvalue weighted by Gasteiger charge is -2.11. The first kappa shape index (κ1) is 11.4. The Morgan fingerprint density at radius 3 is 2.15 bits per heavy atom. The summed E-state index contributed by atoms with van der Waals surface area (Å²) in [5, 5.41) is 25.7. The molecule has 0 radical (unpaired) electrons. The number of rotatable bonds is 3. The number of carbonyl (C=O) groups is 1. The molecule has 0 aromatic carbocycles. The summed E-state index contributed by atoms with van der Waals surface area (Å²) in [6.07, 6.45) is -1.10. The molecule has 0 saturated heterocycles. The van der Waals surface area contributed by atoms with Crippen molar-refractivity contribution in [3.8, 4) is 0 Å². The van der Waals surface area contributed by atoms with E-state index in [1.165, 1.54) is 13.8 Å². The predicted octanol–water partition coefficient (Wildman–Crippen LogP) is 1.34. The van der Waals surface area contributed by atoms with E-state index in [2.05, 4.69) is 11.3 Å². The third kappa shape index (κ3) is 3.50. The normalized spacial score (nSPS) is 11.5. The zero-order valence-electron chi connectivity index (χ0n) is 7.44. The summed E-state index contributed by atoms with van der Waals surface area (Å²) in [6, 6.07) is 0. The molecule has 5 heteroatoms. The van der Waals surface area contributed by atoms with Crippen molar-refractivity contribution in [2.75, 3.05) is 0 Å². The van der Waals surface area contributed by atoms with Crippen LogP contribution in [0.25, 0.3) is 0 Å². The van der Waals surface area contributed by atoms with E-state index in [9.17, 15) is 4.79 Å². The Morgan fingerprint density at radius 2 is 1.85 bits per heavy atom. The largest absolute Gasteiger partial charge is 0.503 e. The molecule has 3 N–H and O–H groups in total. The molecule has 5 nitrogen and oxygen atoms in total. The lowest BCUT2D eigenvalue weighted by Crippen LogP contribution is -2.18. The van der Waals surface area contributed by atoms with Gasteiger partial charge in [0.25, 0.3) is 0 Å². The van der Waals surface area contributed by atoms with Gasteiger partial charge in [0.2, 0.25) is 5.76 Å². The summed E-state index contributed by atoms with van der Waals surface area (Å²) in [6.45, 7) is 6.05. The van der Waals surface area contributed by atoms with Gasteiger partial charge in [-0.3, -0.25) is 0 Å². The van der Waals surface area contributed by atoms with Crippen LogP contribution in [0.2, 0.25) is 0 Å². The first-order chi connectivity index (χ1) is 5.86. The van der Waals surface area contributed by atoms with Crippen molar-refractivity contribution in [3.05, 3.63) is 23.9 Å². The van der Waals surface area contributed by atoms with E-state index in [4.69, 9.17) is 15.3 Å². The average Bonchev–Trinajstić information content (AvgIpc) is 2.02. The summed E-state index contributed by atoms with van der Waals surface area (Å²) in [4.78, 5) is 10.9. The third-order valence-electron chi connectivity index (χ3n) is 1.25. The summed E-state index contributed by atoms with van der Waals surface area (Å²) >= 11 is 0. The number of hydrogen-bond acceptors (Lipinski definition) is 5. The number of hydrogen-bond donors (Lipinski definition) is 3. The van der Waals surface area contributed by atoms with Crippen LogP contribution >= 0.6 is 0 Å². The Balaban J connectivity index is 4.33. The van der Waals surface area contributed by atoms with Crippen LogP contribution in [0.5, 0.6) is 0 Å². The molecular formula is C8H12O5. The van der Waals surface area contributed by atoms with Crippen LogP contribution in [0, 0.1) is 0 Å². The van der Waals surface area contributed by atoms with Gasteiger partial charge in [-0.05, 0) is 13.8 Å². The second-order valence-electron chi connectivity index (χ2n) is 2.54. The van der Waals surface area contributed by atoms with Crippen LogP contribution < -0.4 is 0 Å². The Kier molecular flexibility index (Phi) is 3.84. The van der Waals surface area contributed by atoms with Crippen LogP contribution in [-0.4, -0.2) is 27.4 Å². The highest BCUT2D eigenvalue weighted by Gasteiger charge is 2.17. The smallest absolute Gasteiger partial charge is 0.333 e. The fourth-order valence-corrected chi connectivity index (χ4v) is 0.499. The first-order valence-electron chi connectivity index (χ1n) is 3.53. The lowest BCUT2D eigenvalue weighted by atomic mass is 10.3. The highest BCUT2D eigenvalue weighted by molar-refractivity contribution is 5.87. The van der Waals surface area contributed by atoms with E-state index in [-0.39, 0.29) is 5.57 Å². The van der Waals surface area contributed by atoms with Gasteiger partial charge in [0.15, 0.2) is 6.10 Å². The van der Waals surface area contributed by atoms with Crippen molar-refractivity contribution in [2.24, 2.45) is 0 Å². The molecule has 0 aromatic heterocycles. The number of carbonyl (C=O) groups excluding carboxylic acids is 1. The van der Waals surface area contributed by atoms with Crippen LogP contribution in [0.3, 0.4) is 0 Å². The quantitative estimate of drug-likeness (QED) is 0.353. The molecule has 0 heterocycles. The minimum atomic E-state index is -1.26. The fourth-order valence-electron chi connectivity index (χ4n) is 0.499. The second-order valence-corrected chi connectivity index (χ2v) is 2.54. The maximum atomic E-state index is 10.9. The lowest BCUT2D eigenvalue weighted by molar-refractivity contribution is -0.143. The predicted molar refractivity (Wildman–Crippen MR) is 45.3 cm³/mol. The molecule has 1 unspecified atom stereocenters. The highest BCUT2D eigenvalue weighted by atomic mass is 16.6. The van der Waals surface area contributed by atoms with Gasteiger partial charge < -0.3 is 20.1 Å². The van der Waals surface area contributed by atoms with Crippen molar-refractivity contribution >= 4 is 5.97 Å². The topological polar surface area (TPSA) is 87.0 Å². The number of aliphatic hydroxyl groups is 3. The standard InChI is InChI=1S/C8H12O5/c1-4(2)8(12)13-5(3)6(9)7(10)11/h5,9-11H,1H2,2-3H3. The number of esters is 1. The molecule has 0 aliphatic carbocycles. The Labute approximate surface area is 75.6 Å². The Bertz CT molecular complexity index is 249. The molecule has 0 rings (SSSR count). The molecule has 0 saturated carbocycles. The molecule has 74 valence electrons. The SMILES string of the molecule is C=C(C)C(=O)OC(C)C(O)=C(O)O. The van der Waals surface area contributed by atoms with Gasteiger partial charge in [0.1, 0.15) is 0 Å². The van der Waals surface area contributed by atoms with E-state index in [1.807, 2.05) is 0 Å². The Morgan fingerprint density at radius 1 is 1.38 bits per heavy atom. The van der Waals surface area contributed by atoms with Crippen LogP contribution in [0.4, 0.5) is 0 Å². The first-order valence-corrected chi connectivity index (χ1v) is 3.53. The number of aliphatic hydroxyl groups excluding tert-OH is 2. The van der Waals surface area contributed by atoms with Gasteiger partial charge in [0, 0.05) is 5.57 Å². The van der Waals surface area contributed by atoms with Crippen molar-refractivity contribution in [2.45, 2.75) is 20.0 Å². The fraction of sp³-hybridized carbons (Fsp3) is 0.375. The molecule has 0 bridgehead atoms. The van der Waals surface area contributed by atoms with E-state index < -0.39 is 23.8 Å². The molecular weight excluding hydrogens is 176 g/mol. The summed E-state index contributed by atoms with van der Waals surface area (Å²) in [5.41, 5.74) is 0.164. The highest BCUT2D eigenvalue weighted by Crippen LogP contribution is 2.07. The molecule has 1 atom stereocenters. The van der Waals surface area contributed by atoms with Crippen LogP contribution in [-0.2, 0) is 9.53 Å². The molecule has 0 amide bonds. The molecule has 13 heavy (non-hydrogen) atoms. The van der Waals surface area contributed by atoms with Gasteiger partial charge in [-0.1, -0.05) is 6.58 Å². The Hall–Kier alpha value is -1.65. The maximum Gasteiger partial charge on any atom is 0.333 e. The second kappa shape index (κ2) is 4.39. The van der Waals surface area contributed by atoms with Crippen molar-refractivity contribution < 1.29 is 24.9 Å². The molecule has 0 aliphatic rings. The van der Waals surface area contributed by atoms with Crippen molar-refractivity contribution in [1.82, 2.24) is 0 Å². The molecule has 0 spiro atoms. The van der Waals surface area contributed by atoms with Crippen LogP contribution in [0.15, 0.2) is 23.9 Å². The third-order valence-corrected chi connectivity index (χ3v) is 1.25. The van der Waals surface area contributed by atoms with Crippen LogP contribution in [0.1, 0.15) is 13.8 Å². The van der Waals surface area contributed by atoms with Gasteiger partial charge in [-0.2, -0.15) is 0 Å². The van der Waals surface area contributed by atoms with Gasteiger partial charge in [-0.15, -0.1) is 0 Å². The maximum absolute atomic E-state index is 10.9. The molecule has 0 aliphatic heterocycles. The molecule has 0 fully saturated rings. The minimum absolute atomic E-state index is 0.164. The van der Waals surface area contributed by atoms with E-state index >= 15 is 0 Å². The number of ether oxygens (including phenoxy) is 1. The van der Waals surface area contributed by atoms with Gasteiger partial charge in [-0.25, -0.2) is 4.79 Å². The zero-order valence-corrected chi connectivity index (χ0v) is 7.44. The monoisotopic (exact) mass is 188 g/mol.